The number of hydrogen-bond acceptors (Lipinski definition) is 3. The van der Waals surface area contributed by atoms with Crippen molar-refractivity contribution in [2.24, 2.45) is 5.41 Å². The predicted molar refractivity (Wildman–Crippen MR) is 78.3 cm³/mol. The summed E-state index contributed by atoms with van der Waals surface area (Å²) in [6.45, 7) is 4.53. The minimum absolute atomic E-state index is 0.103. The summed E-state index contributed by atoms with van der Waals surface area (Å²) in [6, 6.07) is 4.87. The number of piperidine rings is 1. The SMILES string of the molecule is CCC1(C(=O)O)CCN(C(=O)c2ccc(C)c(O)c2)CC1. The molecule has 1 aromatic carbocycles. The van der Waals surface area contributed by atoms with Crippen LogP contribution in [0.25, 0.3) is 0 Å². The van der Waals surface area contributed by atoms with E-state index in [4.69, 9.17) is 0 Å². The monoisotopic (exact) mass is 291 g/mol. The van der Waals surface area contributed by atoms with Crippen molar-refractivity contribution in [1.82, 2.24) is 4.90 Å². The van der Waals surface area contributed by atoms with E-state index in [1.54, 1.807) is 24.0 Å². The van der Waals surface area contributed by atoms with Crippen molar-refractivity contribution in [2.45, 2.75) is 33.1 Å². The van der Waals surface area contributed by atoms with Gasteiger partial charge in [0.05, 0.1) is 5.41 Å². The van der Waals surface area contributed by atoms with Gasteiger partial charge in [0.25, 0.3) is 5.91 Å². The van der Waals surface area contributed by atoms with E-state index in [0.29, 0.717) is 37.9 Å². The number of nitrogens with zero attached hydrogens (tertiary/aromatic N) is 1. The van der Waals surface area contributed by atoms with Crippen molar-refractivity contribution in [3.8, 4) is 5.75 Å². The van der Waals surface area contributed by atoms with Gasteiger partial charge in [-0.1, -0.05) is 13.0 Å². The Kier molecular flexibility index (Phi) is 4.21. The number of aliphatic carboxylic acids is 1. The molecule has 1 aliphatic rings. The number of amides is 1. The van der Waals surface area contributed by atoms with Crippen molar-refractivity contribution >= 4 is 11.9 Å². The fourth-order valence-corrected chi connectivity index (χ4v) is 2.78. The number of carboxylic acids is 1. The Morgan fingerprint density at radius 1 is 1.29 bits per heavy atom. The molecule has 1 aromatic rings. The summed E-state index contributed by atoms with van der Waals surface area (Å²) in [5.41, 5.74) is 0.463. The fraction of sp³-hybridized carbons (Fsp3) is 0.500. The highest BCUT2D eigenvalue weighted by Crippen LogP contribution is 2.35. The van der Waals surface area contributed by atoms with Gasteiger partial charge < -0.3 is 15.1 Å². The van der Waals surface area contributed by atoms with Gasteiger partial charge in [0.1, 0.15) is 5.75 Å². The van der Waals surface area contributed by atoms with Crippen LogP contribution in [-0.2, 0) is 4.79 Å². The summed E-state index contributed by atoms with van der Waals surface area (Å²) in [5.74, 6) is -0.822. The Hall–Kier alpha value is -2.04. The number of carbonyl (C=O) groups excluding carboxylic acids is 1. The van der Waals surface area contributed by atoms with Gasteiger partial charge in [-0.3, -0.25) is 9.59 Å². The molecule has 114 valence electrons. The van der Waals surface area contributed by atoms with Crippen LogP contribution in [-0.4, -0.2) is 40.1 Å². The Morgan fingerprint density at radius 3 is 2.38 bits per heavy atom. The average Bonchev–Trinajstić information content (AvgIpc) is 2.49. The minimum Gasteiger partial charge on any atom is -0.508 e. The van der Waals surface area contributed by atoms with E-state index in [1.165, 1.54) is 6.07 Å². The number of phenolic OH excluding ortho intramolecular Hbond substituents is 1. The van der Waals surface area contributed by atoms with Crippen LogP contribution in [0.4, 0.5) is 0 Å². The quantitative estimate of drug-likeness (QED) is 0.896. The molecule has 1 saturated heterocycles. The third kappa shape index (κ3) is 2.86. The van der Waals surface area contributed by atoms with Gasteiger partial charge in [-0.05, 0) is 43.9 Å². The zero-order valence-electron chi connectivity index (χ0n) is 12.4. The molecule has 0 atom stereocenters. The standard InChI is InChI=1S/C16H21NO4/c1-3-16(15(20)21)6-8-17(9-7-16)14(19)12-5-4-11(2)13(18)10-12/h4-5,10,18H,3,6-9H2,1-2H3,(H,20,21). The largest absolute Gasteiger partial charge is 0.508 e. The number of aryl methyl sites for hydroxylation is 1. The maximum atomic E-state index is 12.4. The zero-order valence-corrected chi connectivity index (χ0v) is 12.4. The van der Waals surface area contributed by atoms with Crippen LogP contribution < -0.4 is 0 Å². The van der Waals surface area contributed by atoms with Crippen LogP contribution in [0.3, 0.4) is 0 Å². The lowest BCUT2D eigenvalue weighted by Gasteiger charge is -2.38. The summed E-state index contributed by atoms with van der Waals surface area (Å²) in [4.78, 5) is 25.5. The molecule has 0 unspecified atom stereocenters. The second-order valence-corrected chi connectivity index (χ2v) is 5.73. The third-order valence-electron chi connectivity index (χ3n) is 4.59. The third-order valence-corrected chi connectivity index (χ3v) is 4.59. The first-order valence-corrected chi connectivity index (χ1v) is 7.22. The fourth-order valence-electron chi connectivity index (χ4n) is 2.78. The molecule has 0 aliphatic carbocycles. The topological polar surface area (TPSA) is 77.8 Å². The Morgan fingerprint density at radius 2 is 1.90 bits per heavy atom. The van der Waals surface area contributed by atoms with Gasteiger partial charge in [-0.2, -0.15) is 0 Å². The molecule has 0 bridgehead atoms. The van der Waals surface area contributed by atoms with Crippen molar-refractivity contribution in [1.29, 1.82) is 0 Å². The number of likely N-dealkylation sites (tertiary alicyclic amines) is 1. The molecule has 0 spiro atoms. The average molecular weight is 291 g/mol. The molecule has 5 nitrogen and oxygen atoms in total. The summed E-state index contributed by atoms with van der Waals surface area (Å²) in [6.07, 6.45) is 1.53. The van der Waals surface area contributed by atoms with Crippen molar-refractivity contribution in [2.75, 3.05) is 13.1 Å². The summed E-state index contributed by atoms with van der Waals surface area (Å²) in [5, 5.41) is 19.1. The highest BCUT2D eigenvalue weighted by Gasteiger charge is 2.40. The second kappa shape index (κ2) is 5.76. The molecule has 1 aliphatic heterocycles. The lowest BCUT2D eigenvalue weighted by atomic mass is 9.76. The highest BCUT2D eigenvalue weighted by atomic mass is 16.4. The maximum absolute atomic E-state index is 12.4. The number of phenols is 1. The molecule has 1 heterocycles. The first-order chi connectivity index (χ1) is 9.89. The molecular weight excluding hydrogens is 270 g/mol. The van der Waals surface area contributed by atoms with Gasteiger partial charge in [0.2, 0.25) is 0 Å². The van der Waals surface area contributed by atoms with E-state index < -0.39 is 11.4 Å². The van der Waals surface area contributed by atoms with Gasteiger partial charge >= 0.3 is 5.97 Å². The maximum Gasteiger partial charge on any atom is 0.309 e. The number of hydrogen-bond donors (Lipinski definition) is 2. The number of benzene rings is 1. The van der Waals surface area contributed by atoms with Crippen LogP contribution >= 0.6 is 0 Å². The number of carbonyl (C=O) groups is 2. The van der Waals surface area contributed by atoms with Crippen LogP contribution in [0.15, 0.2) is 18.2 Å². The summed E-state index contributed by atoms with van der Waals surface area (Å²) in [7, 11) is 0. The van der Waals surface area contributed by atoms with Gasteiger partial charge in [0, 0.05) is 18.7 Å². The molecule has 5 heteroatoms. The van der Waals surface area contributed by atoms with E-state index in [9.17, 15) is 19.8 Å². The van der Waals surface area contributed by atoms with Crippen LogP contribution in [0.5, 0.6) is 5.75 Å². The summed E-state index contributed by atoms with van der Waals surface area (Å²) < 4.78 is 0. The Balaban J connectivity index is 2.09. The highest BCUT2D eigenvalue weighted by molar-refractivity contribution is 5.95. The van der Waals surface area contributed by atoms with Crippen LogP contribution in [0.2, 0.25) is 0 Å². The van der Waals surface area contributed by atoms with Crippen molar-refractivity contribution in [3.63, 3.8) is 0 Å². The van der Waals surface area contributed by atoms with Crippen LogP contribution in [0, 0.1) is 12.3 Å². The molecule has 1 amide bonds. The molecule has 21 heavy (non-hydrogen) atoms. The molecule has 0 saturated carbocycles. The second-order valence-electron chi connectivity index (χ2n) is 5.73. The van der Waals surface area contributed by atoms with E-state index in [1.807, 2.05) is 6.92 Å². The number of aromatic hydroxyl groups is 1. The lowest BCUT2D eigenvalue weighted by molar-refractivity contribution is -0.152. The predicted octanol–water partition coefficient (Wildman–Crippen LogP) is 2.42. The van der Waals surface area contributed by atoms with Crippen molar-refractivity contribution in [3.05, 3.63) is 29.3 Å². The van der Waals surface area contributed by atoms with Gasteiger partial charge in [0.15, 0.2) is 0 Å². The smallest absolute Gasteiger partial charge is 0.309 e. The molecule has 2 rings (SSSR count). The number of carboxylic acid groups (broad SMARTS) is 1. The Bertz CT molecular complexity index is 559. The number of rotatable bonds is 3. The lowest BCUT2D eigenvalue weighted by Crippen LogP contribution is -2.46. The zero-order chi connectivity index (χ0) is 15.6. The van der Waals surface area contributed by atoms with E-state index in [2.05, 4.69) is 0 Å². The van der Waals surface area contributed by atoms with E-state index in [-0.39, 0.29) is 11.7 Å². The molecule has 0 radical (unpaired) electrons. The first-order valence-electron chi connectivity index (χ1n) is 7.22. The van der Waals surface area contributed by atoms with Gasteiger partial charge in [-0.25, -0.2) is 0 Å². The van der Waals surface area contributed by atoms with Gasteiger partial charge in [-0.15, -0.1) is 0 Å². The van der Waals surface area contributed by atoms with E-state index in [0.717, 1.165) is 5.56 Å². The molecule has 0 aromatic heterocycles. The van der Waals surface area contributed by atoms with Crippen molar-refractivity contribution < 1.29 is 19.8 Å². The molecular formula is C16H21NO4. The molecule has 1 fully saturated rings. The van der Waals surface area contributed by atoms with E-state index >= 15 is 0 Å². The summed E-state index contributed by atoms with van der Waals surface area (Å²) >= 11 is 0. The first kappa shape index (κ1) is 15.4. The van der Waals surface area contributed by atoms with Crippen LogP contribution in [0.1, 0.15) is 42.1 Å². The minimum atomic E-state index is -0.773. The molecule has 2 N–H and O–H groups in total. The Labute approximate surface area is 124 Å². The normalized spacial score (nSPS) is 17.5.